The zero-order valence-corrected chi connectivity index (χ0v) is 13.0. The van der Waals surface area contributed by atoms with Gasteiger partial charge in [-0.3, -0.25) is 9.48 Å². The number of aromatic nitrogens is 2. The Labute approximate surface area is 121 Å². The summed E-state index contributed by atoms with van der Waals surface area (Å²) < 4.78 is 4.19. The monoisotopic (exact) mass is 279 g/mol. The van der Waals surface area contributed by atoms with Crippen molar-refractivity contribution < 1.29 is 0 Å². The van der Waals surface area contributed by atoms with Gasteiger partial charge in [0.25, 0.3) is 5.56 Å². The molecule has 0 aliphatic heterocycles. The number of anilines is 1. The van der Waals surface area contributed by atoms with Crippen LogP contribution in [0.2, 0.25) is 0 Å². The van der Waals surface area contributed by atoms with Gasteiger partial charge in [-0.15, -0.1) is 0 Å². The summed E-state index contributed by atoms with van der Waals surface area (Å²) in [5, 5.41) is 0. The third-order valence-corrected chi connectivity index (χ3v) is 4.41. The third-order valence-electron chi connectivity index (χ3n) is 4.41. The molecule has 4 nitrogen and oxygen atoms in total. The van der Waals surface area contributed by atoms with Gasteiger partial charge in [-0.1, -0.05) is 46.0 Å². The highest BCUT2D eigenvalue weighted by molar-refractivity contribution is 5.42. The number of rotatable bonds is 5. The van der Waals surface area contributed by atoms with Gasteiger partial charge in [0.15, 0.2) is 0 Å². The molecule has 1 aliphatic rings. The molecular formula is C16H29N3O. The van der Waals surface area contributed by atoms with E-state index in [0.29, 0.717) is 11.7 Å². The Balaban J connectivity index is 2.43. The predicted octanol–water partition coefficient (Wildman–Crippen LogP) is 3.49. The molecule has 0 unspecified atom stereocenters. The normalized spacial score (nSPS) is 17.3. The minimum absolute atomic E-state index is 0.0498. The molecule has 0 saturated heterocycles. The molecule has 20 heavy (non-hydrogen) atoms. The average molecular weight is 279 g/mol. The van der Waals surface area contributed by atoms with Crippen molar-refractivity contribution in [3.05, 3.63) is 16.0 Å². The maximum Gasteiger partial charge on any atom is 0.290 e. The largest absolute Gasteiger partial charge is 0.393 e. The first-order valence-corrected chi connectivity index (χ1v) is 8.30. The lowest BCUT2D eigenvalue weighted by Gasteiger charge is -2.21. The van der Waals surface area contributed by atoms with Gasteiger partial charge in [0.05, 0.1) is 11.7 Å². The zero-order valence-electron chi connectivity index (χ0n) is 13.0. The summed E-state index contributed by atoms with van der Waals surface area (Å²) in [5.41, 5.74) is 7.71. The van der Waals surface area contributed by atoms with Crippen molar-refractivity contribution in [1.82, 2.24) is 9.36 Å². The standard InChI is InChI=1S/C16H29N3O/c1-3-9-14-15(17)16(20)19(18(14)12-4-2)13-10-7-5-6-8-11-13/h13H,3-12,17H2,1-2H3. The lowest BCUT2D eigenvalue weighted by atomic mass is 10.1. The maximum absolute atomic E-state index is 12.6. The molecule has 0 spiro atoms. The number of hydrogen-bond donors (Lipinski definition) is 1. The highest BCUT2D eigenvalue weighted by Crippen LogP contribution is 2.28. The summed E-state index contributed by atoms with van der Waals surface area (Å²) in [5.74, 6) is 0. The van der Waals surface area contributed by atoms with Gasteiger partial charge >= 0.3 is 0 Å². The molecule has 0 bridgehead atoms. The first-order chi connectivity index (χ1) is 9.70. The molecule has 0 amide bonds. The maximum atomic E-state index is 12.6. The van der Waals surface area contributed by atoms with Crippen molar-refractivity contribution in [1.29, 1.82) is 0 Å². The molecule has 0 radical (unpaired) electrons. The highest BCUT2D eigenvalue weighted by atomic mass is 16.1. The summed E-state index contributed by atoms with van der Waals surface area (Å²) in [6, 6.07) is 0.351. The van der Waals surface area contributed by atoms with Crippen molar-refractivity contribution >= 4 is 5.69 Å². The van der Waals surface area contributed by atoms with Crippen LogP contribution in [-0.4, -0.2) is 9.36 Å². The molecule has 2 N–H and O–H groups in total. The Morgan fingerprint density at radius 1 is 1.10 bits per heavy atom. The topological polar surface area (TPSA) is 53.0 Å². The molecular weight excluding hydrogens is 250 g/mol. The fourth-order valence-corrected chi connectivity index (χ4v) is 3.45. The van der Waals surface area contributed by atoms with Crippen molar-refractivity contribution in [2.45, 2.75) is 84.2 Å². The van der Waals surface area contributed by atoms with E-state index < -0.39 is 0 Å². The second-order valence-electron chi connectivity index (χ2n) is 6.03. The highest BCUT2D eigenvalue weighted by Gasteiger charge is 2.23. The molecule has 1 aliphatic carbocycles. The van der Waals surface area contributed by atoms with E-state index in [2.05, 4.69) is 18.5 Å². The fraction of sp³-hybridized carbons (Fsp3) is 0.812. The SMILES string of the molecule is CCCc1c(N)c(=O)n(C2CCCCCC2)n1CCC. The number of hydrogen-bond acceptors (Lipinski definition) is 2. The van der Waals surface area contributed by atoms with Crippen molar-refractivity contribution in [2.24, 2.45) is 0 Å². The molecule has 0 atom stereocenters. The lowest BCUT2D eigenvalue weighted by Crippen LogP contribution is -2.28. The van der Waals surface area contributed by atoms with Gasteiger partial charge in [-0.25, -0.2) is 4.68 Å². The zero-order chi connectivity index (χ0) is 14.5. The van der Waals surface area contributed by atoms with Crippen LogP contribution in [-0.2, 0) is 13.0 Å². The second kappa shape index (κ2) is 7.00. The molecule has 1 saturated carbocycles. The molecule has 1 aromatic rings. The lowest BCUT2D eigenvalue weighted by molar-refractivity contribution is 0.322. The number of nitrogens with two attached hydrogens (primary N) is 1. The van der Waals surface area contributed by atoms with E-state index in [4.69, 9.17) is 5.73 Å². The van der Waals surface area contributed by atoms with E-state index in [1.54, 1.807) is 0 Å². The van der Waals surface area contributed by atoms with Gasteiger partial charge in [0.2, 0.25) is 0 Å². The molecule has 1 fully saturated rings. The Morgan fingerprint density at radius 2 is 1.75 bits per heavy atom. The Morgan fingerprint density at radius 3 is 2.30 bits per heavy atom. The van der Waals surface area contributed by atoms with Gasteiger partial charge < -0.3 is 5.73 Å². The van der Waals surface area contributed by atoms with Crippen LogP contribution in [0.15, 0.2) is 4.79 Å². The molecule has 4 heteroatoms. The van der Waals surface area contributed by atoms with Crippen LogP contribution < -0.4 is 11.3 Å². The van der Waals surface area contributed by atoms with Crippen molar-refractivity contribution in [3.63, 3.8) is 0 Å². The van der Waals surface area contributed by atoms with Crippen LogP contribution in [0.4, 0.5) is 5.69 Å². The van der Waals surface area contributed by atoms with Crippen LogP contribution in [0.5, 0.6) is 0 Å². The third kappa shape index (κ3) is 2.94. The van der Waals surface area contributed by atoms with Crippen molar-refractivity contribution in [2.75, 3.05) is 5.73 Å². The minimum atomic E-state index is 0.0498. The van der Waals surface area contributed by atoms with Crippen LogP contribution in [0.25, 0.3) is 0 Å². The van der Waals surface area contributed by atoms with E-state index in [9.17, 15) is 4.79 Å². The summed E-state index contributed by atoms with van der Waals surface area (Å²) in [6.07, 6.45) is 10.3. The van der Waals surface area contributed by atoms with Crippen LogP contribution in [0, 0.1) is 0 Å². The fourth-order valence-electron chi connectivity index (χ4n) is 3.45. The Kier molecular flexibility index (Phi) is 5.32. The van der Waals surface area contributed by atoms with E-state index in [-0.39, 0.29) is 5.56 Å². The molecule has 1 aromatic heterocycles. The van der Waals surface area contributed by atoms with Crippen molar-refractivity contribution in [3.8, 4) is 0 Å². The Hall–Kier alpha value is -1.19. The first kappa shape index (κ1) is 15.2. The molecule has 114 valence electrons. The van der Waals surface area contributed by atoms with Crippen LogP contribution in [0.3, 0.4) is 0 Å². The molecule has 0 aromatic carbocycles. The van der Waals surface area contributed by atoms with Gasteiger partial charge in [-0.2, -0.15) is 0 Å². The average Bonchev–Trinajstić information content (AvgIpc) is 2.67. The molecule has 2 rings (SSSR count). The second-order valence-corrected chi connectivity index (χ2v) is 6.03. The smallest absolute Gasteiger partial charge is 0.290 e. The van der Waals surface area contributed by atoms with E-state index in [0.717, 1.165) is 44.3 Å². The van der Waals surface area contributed by atoms with Gasteiger partial charge in [0, 0.05) is 6.54 Å². The summed E-state index contributed by atoms with van der Waals surface area (Å²) in [6.45, 7) is 5.20. The Bertz CT molecular complexity index is 479. The first-order valence-electron chi connectivity index (χ1n) is 8.30. The van der Waals surface area contributed by atoms with E-state index in [1.807, 2.05) is 4.68 Å². The summed E-state index contributed by atoms with van der Waals surface area (Å²) >= 11 is 0. The number of nitrogens with zero attached hydrogens (tertiary/aromatic N) is 2. The summed E-state index contributed by atoms with van der Waals surface area (Å²) in [7, 11) is 0. The minimum Gasteiger partial charge on any atom is -0.393 e. The summed E-state index contributed by atoms with van der Waals surface area (Å²) in [4.78, 5) is 12.6. The van der Waals surface area contributed by atoms with E-state index >= 15 is 0 Å². The van der Waals surface area contributed by atoms with Gasteiger partial charge in [0.1, 0.15) is 5.69 Å². The molecule has 1 heterocycles. The van der Waals surface area contributed by atoms with Gasteiger partial charge in [-0.05, 0) is 25.7 Å². The van der Waals surface area contributed by atoms with Crippen LogP contribution in [0.1, 0.15) is 76.9 Å². The van der Waals surface area contributed by atoms with Crippen LogP contribution >= 0.6 is 0 Å². The number of nitrogen functional groups attached to an aromatic ring is 1. The predicted molar refractivity (Wildman–Crippen MR) is 84.1 cm³/mol. The quantitative estimate of drug-likeness (QED) is 0.839. The van der Waals surface area contributed by atoms with E-state index in [1.165, 1.54) is 25.7 Å².